The number of carbonyl (C=O) groups excluding carboxylic acids is 1. The van der Waals surface area contributed by atoms with E-state index in [1.807, 2.05) is 5.32 Å². The summed E-state index contributed by atoms with van der Waals surface area (Å²) < 4.78 is 0. The van der Waals surface area contributed by atoms with Gasteiger partial charge in [-0.25, -0.2) is 9.59 Å². The van der Waals surface area contributed by atoms with Crippen molar-refractivity contribution >= 4 is 17.8 Å². The Labute approximate surface area is 96.9 Å². The minimum absolute atomic E-state index is 0.0576. The third kappa shape index (κ3) is 3.94. The van der Waals surface area contributed by atoms with Crippen LogP contribution in [0.25, 0.3) is 0 Å². The lowest BCUT2D eigenvalue weighted by Crippen LogP contribution is -2.46. The van der Waals surface area contributed by atoms with Crippen LogP contribution < -0.4 is 5.32 Å². The van der Waals surface area contributed by atoms with Gasteiger partial charge in [0.2, 0.25) is 11.9 Å². The van der Waals surface area contributed by atoms with Crippen LogP contribution in [0.3, 0.4) is 0 Å². The van der Waals surface area contributed by atoms with Gasteiger partial charge in [0, 0.05) is 0 Å². The molecule has 0 atom stereocenters. The second-order valence-electron chi connectivity index (χ2n) is 3.34. The first-order valence-electron chi connectivity index (χ1n) is 4.79. The molecular formula is C11H11NO5. The number of hydrogen-bond acceptors (Lipinski definition) is 3. The van der Waals surface area contributed by atoms with Gasteiger partial charge in [-0.3, -0.25) is 4.79 Å². The van der Waals surface area contributed by atoms with Gasteiger partial charge in [0.15, 0.2) is 0 Å². The maximum Gasteiger partial charge on any atom is 0.338 e. The van der Waals surface area contributed by atoms with Crippen LogP contribution in [-0.2, 0) is 20.8 Å². The predicted octanol–water partition coefficient (Wildman–Crippen LogP) is -0.117. The smallest absolute Gasteiger partial charge is 0.338 e. The van der Waals surface area contributed by atoms with Crippen LogP contribution in [0.15, 0.2) is 30.3 Å². The molecular weight excluding hydrogens is 226 g/mol. The molecule has 1 amide bonds. The van der Waals surface area contributed by atoms with Gasteiger partial charge in [0.1, 0.15) is 0 Å². The Balaban J connectivity index is 2.60. The molecule has 0 aliphatic rings. The molecule has 90 valence electrons. The SMILES string of the molecule is O=C(Cc1ccccc1)NC(C(=O)O)C(=O)O. The van der Waals surface area contributed by atoms with E-state index < -0.39 is 23.9 Å². The molecule has 1 aromatic rings. The third-order valence-corrected chi connectivity index (χ3v) is 2.01. The summed E-state index contributed by atoms with van der Waals surface area (Å²) in [5.74, 6) is -3.84. The summed E-state index contributed by atoms with van der Waals surface area (Å²) in [7, 11) is 0. The highest BCUT2D eigenvalue weighted by Gasteiger charge is 2.27. The van der Waals surface area contributed by atoms with Crippen LogP contribution in [0.2, 0.25) is 0 Å². The molecule has 0 saturated carbocycles. The Hall–Kier alpha value is -2.37. The van der Waals surface area contributed by atoms with Crippen molar-refractivity contribution in [3.05, 3.63) is 35.9 Å². The molecule has 6 nitrogen and oxygen atoms in total. The first-order chi connectivity index (χ1) is 8.00. The van der Waals surface area contributed by atoms with Crippen molar-refractivity contribution in [2.45, 2.75) is 12.5 Å². The van der Waals surface area contributed by atoms with E-state index in [4.69, 9.17) is 10.2 Å². The number of rotatable bonds is 5. The van der Waals surface area contributed by atoms with E-state index in [9.17, 15) is 14.4 Å². The number of benzene rings is 1. The monoisotopic (exact) mass is 237 g/mol. The Morgan fingerprint density at radius 1 is 1.06 bits per heavy atom. The fraction of sp³-hybridized carbons (Fsp3) is 0.182. The lowest BCUT2D eigenvalue weighted by Gasteiger charge is -2.09. The average Bonchev–Trinajstić information content (AvgIpc) is 2.26. The van der Waals surface area contributed by atoms with Crippen LogP contribution in [0.1, 0.15) is 5.56 Å². The molecule has 6 heteroatoms. The summed E-state index contributed by atoms with van der Waals surface area (Å²) in [5, 5.41) is 19.1. The molecule has 0 aliphatic heterocycles. The molecule has 1 aromatic carbocycles. The van der Waals surface area contributed by atoms with Crippen LogP contribution in [0.5, 0.6) is 0 Å². The van der Waals surface area contributed by atoms with Crippen molar-refractivity contribution in [2.24, 2.45) is 0 Å². The van der Waals surface area contributed by atoms with Gasteiger partial charge in [-0.05, 0) is 5.56 Å². The van der Waals surface area contributed by atoms with E-state index in [1.54, 1.807) is 30.3 Å². The third-order valence-electron chi connectivity index (χ3n) is 2.01. The Morgan fingerprint density at radius 2 is 1.59 bits per heavy atom. The standard InChI is InChI=1S/C11H11NO5/c13-8(6-7-4-2-1-3-5-7)12-9(10(14)15)11(16)17/h1-5,9H,6H2,(H,12,13)(H,14,15)(H,16,17). The van der Waals surface area contributed by atoms with E-state index in [0.29, 0.717) is 5.56 Å². The number of amides is 1. The quantitative estimate of drug-likeness (QED) is 0.619. The maximum atomic E-state index is 11.4. The highest BCUT2D eigenvalue weighted by atomic mass is 16.4. The first kappa shape index (κ1) is 12.7. The Kier molecular flexibility index (Phi) is 4.21. The average molecular weight is 237 g/mol. The topological polar surface area (TPSA) is 104 Å². The number of nitrogens with one attached hydrogen (secondary N) is 1. The summed E-state index contributed by atoms with van der Waals surface area (Å²) in [6.45, 7) is 0. The Morgan fingerprint density at radius 3 is 2.06 bits per heavy atom. The zero-order chi connectivity index (χ0) is 12.8. The number of hydrogen-bond donors (Lipinski definition) is 3. The fourth-order valence-electron chi connectivity index (χ4n) is 1.22. The number of carboxylic acids is 2. The molecule has 1 rings (SSSR count). The molecule has 0 bridgehead atoms. The van der Waals surface area contributed by atoms with Crippen LogP contribution >= 0.6 is 0 Å². The molecule has 3 N–H and O–H groups in total. The highest BCUT2D eigenvalue weighted by Crippen LogP contribution is 1.99. The molecule has 0 spiro atoms. The van der Waals surface area contributed by atoms with Gasteiger partial charge in [0.05, 0.1) is 6.42 Å². The summed E-state index contributed by atoms with van der Waals surface area (Å²) in [6.07, 6.45) is -0.0576. The van der Waals surface area contributed by atoms with E-state index in [-0.39, 0.29) is 6.42 Å². The van der Waals surface area contributed by atoms with Gasteiger partial charge in [-0.2, -0.15) is 0 Å². The van der Waals surface area contributed by atoms with E-state index in [0.717, 1.165) is 0 Å². The minimum atomic E-state index is -1.91. The van der Waals surface area contributed by atoms with Crippen molar-refractivity contribution in [1.29, 1.82) is 0 Å². The lowest BCUT2D eigenvalue weighted by atomic mass is 10.1. The summed E-state index contributed by atoms with van der Waals surface area (Å²) in [4.78, 5) is 32.5. The summed E-state index contributed by atoms with van der Waals surface area (Å²) in [6, 6.07) is 6.71. The van der Waals surface area contributed by atoms with Crippen molar-refractivity contribution in [3.63, 3.8) is 0 Å². The largest absolute Gasteiger partial charge is 0.479 e. The maximum absolute atomic E-state index is 11.4. The molecule has 0 heterocycles. The first-order valence-corrected chi connectivity index (χ1v) is 4.79. The zero-order valence-electron chi connectivity index (χ0n) is 8.79. The van der Waals surface area contributed by atoms with Gasteiger partial charge < -0.3 is 15.5 Å². The number of carboxylic acid groups (broad SMARTS) is 2. The molecule has 0 radical (unpaired) electrons. The minimum Gasteiger partial charge on any atom is -0.479 e. The molecule has 0 saturated heterocycles. The number of aliphatic carboxylic acids is 2. The van der Waals surface area contributed by atoms with Crippen LogP contribution in [0.4, 0.5) is 0 Å². The highest BCUT2D eigenvalue weighted by molar-refractivity contribution is 6.00. The lowest BCUT2D eigenvalue weighted by molar-refractivity contribution is -0.153. The molecule has 17 heavy (non-hydrogen) atoms. The second kappa shape index (κ2) is 5.64. The molecule has 0 aliphatic carbocycles. The number of carbonyl (C=O) groups is 3. The van der Waals surface area contributed by atoms with Gasteiger partial charge in [-0.1, -0.05) is 30.3 Å². The fourth-order valence-corrected chi connectivity index (χ4v) is 1.22. The van der Waals surface area contributed by atoms with Crippen molar-refractivity contribution < 1.29 is 24.6 Å². The van der Waals surface area contributed by atoms with Gasteiger partial charge in [0.25, 0.3) is 0 Å². The van der Waals surface area contributed by atoms with Crippen LogP contribution in [-0.4, -0.2) is 34.1 Å². The zero-order valence-corrected chi connectivity index (χ0v) is 8.79. The molecule has 0 unspecified atom stereocenters. The van der Waals surface area contributed by atoms with Crippen molar-refractivity contribution in [2.75, 3.05) is 0 Å². The molecule has 0 fully saturated rings. The summed E-state index contributed by atoms with van der Waals surface area (Å²) >= 11 is 0. The van der Waals surface area contributed by atoms with E-state index >= 15 is 0 Å². The van der Waals surface area contributed by atoms with Crippen molar-refractivity contribution in [3.8, 4) is 0 Å². The van der Waals surface area contributed by atoms with E-state index in [1.165, 1.54) is 0 Å². The van der Waals surface area contributed by atoms with Crippen molar-refractivity contribution in [1.82, 2.24) is 5.32 Å². The normalized spacial score (nSPS) is 9.94. The second-order valence-corrected chi connectivity index (χ2v) is 3.34. The molecule has 0 aromatic heterocycles. The summed E-state index contributed by atoms with van der Waals surface area (Å²) in [5.41, 5.74) is 0.680. The van der Waals surface area contributed by atoms with Gasteiger partial charge >= 0.3 is 11.9 Å². The van der Waals surface area contributed by atoms with E-state index in [2.05, 4.69) is 0 Å². The van der Waals surface area contributed by atoms with Gasteiger partial charge in [-0.15, -0.1) is 0 Å². The van der Waals surface area contributed by atoms with Crippen LogP contribution in [0, 0.1) is 0 Å². The Bertz CT molecular complexity index is 415. The predicted molar refractivity (Wildman–Crippen MR) is 57.3 cm³/mol.